The summed E-state index contributed by atoms with van der Waals surface area (Å²) in [5.74, 6) is 0.988. The molecule has 0 aromatic heterocycles. The minimum absolute atomic E-state index is 0.0370. The lowest BCUT2D eigenvalue weighted by Gasteiger charge is -2.04. The number of carbonyl (C=O) groups is 1. The summed E-state index contributed by atoms with van der Waals surface area (Å²) < 4.78 is 10.3. The molecule has 0 unspecified atom stereocenters. The minimum atomic E-state index is -0.516. The Bertz CT molecular complexity index is 610. The molecule has 0 aliphatic carbocycles. The predicted octanol–water partition coefficient (Wildman–Crippen LogP) is 2.50. The molecule has 1 N–H and O–H groups in total. The summed E-state index contributed by atoms with van der Waals surface area (Å²) in [5.41, 5.74) is 0.170. The Morgan fingerprint density at radius 3 is 2.73 bits per heavy atom. The van der Waals surface area contributed by atoms with Crippen LogP contribution in [-0.4, -0.2) is 24.2 Å². The van der Waals surface area contributed by atoms with Crippen LogP contribution in [0.3, 0.4) is 0 Å². The Kier molecular flexibility index (Phi) is 4.98. The molecule has 118 valence electrons. The third-order valence-corrected chi connectivity index (χ3v) is 3.15. The molecule has 7 heteroatoms. The fourth-order valence-electron chi connectivity index (χ4n) is 1.95. The lowest BCUT2D eigenvalue weighted by atomic mass is 10.1. The highest BCUT2D eigenvalue weighted by atomic mass is 16.7. The van der Waals surface area contributed by atoms with Crippen molar-refractivity contribution in [3.63, 3.8) is 0 Å². The van der Waals surface area contributed by atoms with Gasteiger partial charge in [0.2, 0.25) is 12.7 Å². The zero-order chi connectivity index (χ0) is 16.1. The standard InChI is InChI=1S/C15H18N2O5/c1-10(2)5-6-16-15(18)4-3-11-7-13-14(22-9-21-13)8-12(11)17(19)20/h3-4,7-8,10H,5-6,9H2,1-2H3,(H,16,18). The largest absolute Gasteiger partial charge is 0.454 e. The number of nitro groups is 1. The number of nitrogens with one attached hydrogen (secondary N) is 1. The number of benzene rings is 1. The highest BCUT2D eigenvalue weighted by Crippen LogP contribution is 2.38. The number of ether oxygens (including phenoxy) is 2. The van der Waals surface area contributed by atoms with Crippen LogP contribution in [0.2, 0.25) is 0 Å². The maximum atomic E-state index is 11.7. The van der Waals surface area contributed by atoms with E-state index in [-0.39, 0.29) is 18.4 Å². The van der Waals surface area contributed by atoms with Crippen LogP contribution in [0, 0.1) is 16.0 Å². The molecule has 0 spiro atoms. The zero-order valence-corrected chi connectivity index (χ0v) is 12.5. The predicted molar refractivity (Wildman–Crippen MR) is 80.7 cm³/mol. The van der Waals surface area contributed by atoms with Gasteiger partial charge in [0, 0.05) is 12.6 Å². The second-order valence-corrected chi connectivity index (χ2v) is 5.33. The van der Waals surface area contributed by atoms with Gasteiger partial charge in [0.15, 0.2) is 11.5 Å². The van der Waals surface area contributed by atoms with Gasteiger partial charge in [-0.3, -0.25) is 14.9 Å². The summed E-state index contributed by atoms with van der Waals surface area (Å²) in [6.07, 6.45) is 3.57. The first-order valence-electron chi connectivity index (χ1n) is 7.01. The van der Waals surface area contributed by atoms with Crippen molar-refractivity contribution < 1.29 is 19.2 Å². The van der Waals surface area contributed by atoms with E-state index < -0.39 is 4.92 Å². The monoisotopic (exact) mass is 306 g/mol. The molecule has 0 saturated carbocycles. The molecule has 1 aromatic carbocycles. The van der Waals surface area contributed by atoms with Gasteiger partial charge in [-0.1, -0.05) is 13.8 Å². The first kappa shape index (κ1) is 15.8. The lowest BCUT2D eigenvalue weighted by Crippen LogP contribution is -2.23. The number of rotatable bonds is 6. The molecule has 1 aliphatic heterocycles. The van der Waals surface area contributed by atoms with E-state index in [9.17, 15) is 14.9 Å². The molecule has 1 aromatic rings. The molecule has 0 saturated heterocycles. The Hall–Kier alpha value is -2.57. The SMILES string of the molecule is CC(C)CCNC(=O)C=Cc1cc2c(cc1[N+](=O)[O-])OCO2. The maximum Gasteiger partial charge on any atom is 0.280 e. The molecule has 7 nitrogen and oxygen atoms in total. The van der Waals surface area contributed by atoms with Crippen LogP contribution in [0.5, 0.6) is 11.5 Å². The summed E-state index contributed by atoms with van der Waals surface area (Å²) in [4.78, 5) is 22.3. The Balaban J connectivity index is 2.09. The zero-order valence-electron chi connectivity index (χ0n) is 12.5. The Morgan fingerprint density at radius 1 is 1.41 bits per heavy atom. The average molecular weight is 306 g/mol. The average Bonchev–Trinajstić information content (AvgIpc) is 2.90. The maximum absolute atomic E-state index is 11.7. The molecule has 1 heterocycles. The molecule has 0 fully saturated rings. The van der Waals surface area contributed by atoms with Gasteiger partial charge in [0.05, 0.1) is 16.6 Å². The number of nitro benzene ring substituents is 1. The van der Waals surface area contributed by atoms with E-state index in [1.165, 1.54) is 24.3 Å². The normalized spacial score (nSPS) is 12.9. The van der Waals surface area contributed by atoms with E-state index in [4.69, 9.17) is 9.47 Å². The van der Waals surface area contributed by atoms with Gasteiger partial charge >= 0.3 is 0 Å². The Labute approximate surface area is 128 Å². The van der Waals surface area contributed by atoms with Gasteiger partial charge < -0.3 is 14.8 Å². The van der Waals surface area contributed by atoms with Crippen LogP contribution in [0.4, 0.5) is 5.69 Å². The van der Waals surface area contributed by atoms with Gasteiger partial charge in [-0.2, -0.15) is 0 Å². The molecule has 2 rings (SSSR count). The van der Waals surface area contributed by atoms with Crippen LogP contribution in [0.15, 0.2) is 18.2 Å². The van der Waals surface area contributed by atoms with Crippen LogP contribution < -0.4 is 14.8 Å². The summed E-state index contributed by atoms with van der Waals surface area (Å²) in [6.45, 7) is 4.75. The number of amides is 1. The number of hydrogen-bond acceptors (Lipinski definition) is 5. The van der Waals surface area contributed by atoms with Crippen molar-refractivity contribution in [2.45, 2.75) is 20.3 Å². The van der Waals surface area contributed by atoms with E-state index in [1.807, 2.05) is 0 Å². The number of carbonyl (C=O) groups excluding carboxylic acids is 1. The summed E-state index contributed by atoms with van der Waals surface area (Å²) in [5, 5.41) is 13.8. The first-order valence-corrected chi connectivity index (χ1v) is 7.01. The summed E-state index contributed by atoms with van der Waals surface area (Å²) in [7, 11) is 0. The van der Waals surface area contributed by atoms with E-state index in [2.05, 4.69) is 19.2 Å². The van der Waals surface area contributed by atoms with Crippen molar-refractivity contribution in [1.29, 1.82) is 0 Å². The van der Waals surface area contributed by atoms with E-state index in [0.29, 0.717) is 29.5 Å². The highest BCUT2D eigenvalue weighted by molar-refractivity contribution is 5.92. The van der Waals surface area contributed by atoms with Crippen molar-refractivity contribution in [3.05, 3.63) is 33.9 Å². The molecule has 1 aliphatic rings. The molecule has 22 heavy (non-hydrogen) atoms. The molecule has 0 bridgehead atoms. The minimum Gasteiger partial charge on any atom is -0.454 e. The first-order chi connectivity index (χ1) is 10.5. The third kappa shape index (κ3) is 3.97. The smallest absolute Gasteiger partial charge is 0.280 e. The van der Waals surface area contributed by atoms with Gasteiger partial charge in [-0.05, 0) is 24.5 Å². The third-order valence-electron chi connectivity index (χ3n) is 3.15. The summed E-state index contributed by atoms with van der Waals surface area (Å²) in [6, 6.07) is 2.80. The van der Waals surface area contributed by atoms with E-state index in [0.717, 1.165) is 6.42 Å². The fraction of sp³-hybridized carbons (Fsp3) is 0.400. The molecular weight excluding hydrogens is 288 g/mol. The number of nitrogens with zero attached hydrogens (tertiary/aromatic N) is 1. The van der Waals surface area contributed by atoms with Gasteiger partial charge in [0.1, 0.15) is 0 Å². The van der Waals surface area contributed by atoms with Crippen molar-refractivity contribution in [2.24, 2.45) is 5.92 Å². The lowest BCUT2D eigenvalue weighted by molar-refractivity contribution is -0.385. The van der Waals surface area contributed by atoms with Crippen LogP contribution in [-0.2, 0) is 4.79 Å². The molecule has 1 amide bonds. The van der Waals surface area contributed by atoms with Crippen LogP contribution in [0.25, 0.3) is 6.08 Å². The van der Waals surface area contributed by atoms with Gasteiger partial charge in [0.25, 0.3) is 5.69 Å². The van der Waals surface area contributed by atoms with Crippen LogP contribution in [0.1, 0.15) is 25.8 Å². The van der Waals surface area contributed by atoms with Crippen molar-refractivity contribution in [3.8, 4) is 11.5 Å². The molecule has 0 radical (unpaired) electrons. The number of fused-ring (bicyclic) bond motifs is 1. The molecular formula is C15H18N2O5. The second-order valence-electron chi connectivity index (χ2n) is 5.33. The van der Waals surface area contributed by atoms with Gasteiger partial charge in [-0.25, -0.2) is 0 Å². The topological polar surface area (TPSA) is 90.7 Å². The second kappa shape index (κ2) is 6.93. The summed E-state index contributed by atoms with van der Waals surface area (Å²) >= 11 is 0. The molecule has 0 atom stereocenters. The quantitative estimate of drug-likeness (QED) is 0.495. The Morgan fingerprint density at radius 2 is 2.09 bits per heavy atom. The highest BCUT2D eigenvalue weighted by Gasteiger charge is 2.22. The van der Waals surface area contributed by atoms with Gasteiger partial charge in [-0.15, -0.1) is 0 Å². The van der Waals surface area contributed by atoms with Crippen LogP contribution >= 0.6 is 0 Å². The van der Waals surface area contributed by atoms with Crippen molar-refractivity contribution >= 4 is 17.7 Å². The van der Waals surface area contributed by atoms with E-state index >= 15 is 0 Å². The van der Waals surface area contributed by atoms with E-state index in [1.54, 1.807) is 0 Å². The number of hydrogen-bond donors (Lipinski definition) is 1. The fourth-order valence-corrected chi connectivity index (χ4v) is 1.95. The van der Waals surface area contributed by atoms with Crippen molar-refractivity contribution in [2.75, 3.05) is 13.3 Å². The van der Waals surface area contributed by atoms with Crippen molar-refractivity contribution in [1.82, 2.24) is 5.32 Å².